The van der Waals surface area contributed by atoms with E-state index in [9.17, 15) is 4.79 Å². The van der Waals surface area contributed by atoms with Crippen LogP contribution in [0.3, 0.4) is 0 Å². The summed E-state index contributed by atoms with van der Waals surface area (Å²) in [6.07, 6.45) is 0.957. The molecule has 0 bridgehead atoms. The van der Waals surface area contributed by atoms with Gasteiger partial charge in [0.05, 0.1) is 7.11 Å². The first-order valence-corrected chi connectivity index (χ1v) is 5.34. The number of rotatable bonds is 4. The normalized spacial score (nSPS) is 11.2. The Hall–Kier alpha value is -1.51. The molecule has 1 aromatic carbocycles. The van der Waals surface area contributed by atoms with Crippen LogP contribution in [0.25, 0.3) is 0 Å². The van der Waals surface area contributed by atoms with Crippen molar-refractivity contribution in [3.8, 4) is 5.75 Å². The van der Waals surface area contributed by atoms with E-state index >= 15 is 0 Å². The lowest BCUT2D eigenvalue weighted by molar-refractivity contribution is 0.0693. The smallest absolute Gasteiger partial charge is 0.339 e. The number of carbonyl (C=O) groups is 1. The highest BCUT2D eigenvalue weighted by atomic mass is 16.5. The maximum atomic E-state index is 11.1. The highest BCUT2D eigenvalue weighted by molar-refractivity contribution is 5.91. The third kappa shape index (κ3) is 2.35. The van der Waals surface area contributed by atoms with Gasteiger partial charge < -0.3 is 9.84 Å². The van der Waals surface area contributed by atoms with Crippen LogP contribution in [0.4, 0.5) is 0 Å². The molecule has 0 saturated carbocycles. The van der Waals surface area contributed by atoms with Crippen molar-refractivity contribution in [3.63, 3.8) is 0 Å². The first kappa shape index (κ1) is 12.6. The van der Waals surface area contributed by atoms with Crippen molar-refractivity contribution in [2.45, 2.75) is 32.6 Å². The fourth-order valence-electron chi connectivity index (χ4n) is 1.50. The minimum Gasteiger partial charge on any atom is -0.496 e. The molecule has 3 heteroatoms. The highest BCUT2D eigenvalue weighted by Crippen LogP contribution is 2.30. The summed E-state index contributed by atoms with van der Waals surface area (Å²) in [7, 11) is 1.48. The Bertz CT molecular complexity index is 394. The number of hydrogen-bond donors (Lipinski definition) is 1. The molecule has 0 aliphatic rings. The van der Waals surface area contributed by atoms with E-state index in [0.29, 0.717) is 5.75 Å². The third-order valence-corrected chi connectivity index (χ3v) is 3.10. The van der Waals surface area contributed by atoms with Crippen LogP contribution in [0.5, 0.6) is 5.75 Å². The molecule has 88 valence electrons. The van der Waals surface area contributed by atoms with E-state index in [-0.39, 0.29) is 11.0 Å². The van der Waals surface area contributed by atoms with Gasteiger partial charge in [-0.05, 0) is 29.5 Å². The van der Waals surface area contributed by atoms with Gasteiger partial charge in [0.15, 0.2) is 0 Å². The number of ether oxygens (including phenoxy) is 1. The van der Waals surface area contributed by atoms with Gasteiger partial charge in [-0.25, -0.2) is 4.79 Å². The molecule has 1 N–H and O–H groups in total. The average Bonchev–Trinajstić information content (AvgIpc) is 2.28. The van der Waals surface area contributed by atoms with E-state index in [1.54, 1.807) is 12.1 Å². The van der Waals surface area contributed by atoms with Gasteiger partial charge in [0.25, 0.3) is 0 Å². The number of carboxylic acids is 1. The van der Waals surface area contributed by atoms with Gasteiger partial charge >= 0.3 is 5.97 Å². The Morgan fingerprint density at radius 1 is 1.44 bits per heavy atom. The zero-order valence-corrected chi connectivity index (χ0v) is 10.2. The largest absolute Gasteiger partial charge is 0.496 e. The molecule has 16 heavy (non-hydrogen) atoms. The molecule has 0 aliphatic carbocycles. The fraction of sp³-hybridized carbons (Fsp3) is 0.462. The minimum atomic E-state index is -0.953. The second-order valence-corrected chi connectivity index (χ2v) is 4.46. The molecule has 0 heterocycles. The summed E-state index contributed by atoms with van der Waals surface area (Å²) in [4.78, 5) is 11.1. The molecule has 0 spiro atoms. The molecular weight excluding hydrogens is 204 g/mol. The predicted octanol–water partition coefficient (Wildman–Crippen LogP) is 3.08. The number of carboxylic acid groups (broad SMARTS) is 1. The Kier molecular flexibility index (Phi) is 3.58. The number of hydrogen-bond acceptors (Lipinski definition) is 2. The first-order valence-electron chi connectivity index (χ1n) is 5.34. The van der Waals surface area contributed by atoms with E-state index < -0.39 is 5.97 Å². The molecule has 0 fully saturated rings. The van der Waals surface area contributed by atoms with E-state index in [2.05, 4.69) is 20.8 Å². The van der Waals surface area contributed by atoms with E-state index in [0.717, 1.165) is 12.0 Å². The van der Waals surface area contributed by atoms with Crippen molar-refractivity contribution in [1.82, 2.24) is 0 Å². The summed E-state index contributed by atoms with van der Waals surface area (Å²) < 4.78 is 5.03. The summed E-state index contributed by atoms with van der Waals surface area (Å²) in [6, 6.07) is 5.34. The summed E-state index contributed by atoms with van der Waals surface area (Å²) in [5.74, 6) is -0.547. The fourth-order valence-corrected chi connectivity index (χ4v) is 1.50. The highest BCUT2D eigenvalue weighted by Gasteiger charge is 2.21. The van der Waals surface area contributed by atoms with Crippen LogP contribution in [-0.2, 0) is 5.41 Å². The van der Waals surface area contributed by atoms with E-state index in [1.165, 1.54) is 7.11 Å². The van der Waals surface area contributed by atoms with Gasteiger partial charge in [-0.3, -0.25) is 0 Å². The van der Waals surface area contributed by atoms with Crippen molar-refractivity contribution in [3.05, 3.63) is 29.3 Å². The van der Waals surface area contributed by atoms with Crippen LogP contribution in [0.2, 0.25) is 0 Å². The summed E-state index contributed by atoms with van der Waals surface area (Å²) in [5.41, 5.74) is 1.23. The Morgan fingerprint density at radius 2 is 2.06 bits per heavy atom. The van der Waals surface area contributed by atoms with Gasteiger partial charge in [0.1, 0.15) is 11.3 Å². The molecule has 1 rings (SSSR count). The van der Waals surface area contributed by atoms with Gasteiger partial charge in [-0.15, -0.1) is 0 Å². The van der Waals surface area contributed by atoms with E-state index in [4.69, 9.17) is 9.84 Å². The second kappa shape index (κ2) is 4.56. The topological polar surface area (TPSA) is 46.5 Å². The molecule has 1 aromatic rings. The molecule has 0 saturated heterocycles. The lowest BCUT2D eigenvalue weighted by Gasteiger charge is -2.24. The molecule has 0 aliphatic heterocycles. The second-order valence-electron chi connectivity index (χ2n) is 4.46. The van der Waals surface area contributed by atoms with Crippen LogP contribution in [0, 0.1) is 0 Å². The standard InChI is InChI=1S/C13H18O3/c1-5-13(2,3)9-6-7-11(16-4)10(8-9)12(14)15/h6-8H,5H2,1-4H3,(H,14,15). The van der Waals surface area contributed by atoms with Crippen LogP contribution in [0.1, 0.15) is 43.1 Å². The van der Waals surface area contributed by atoms with Gasteiger partial charge in [0.2, 0.25) is 0 Å². The molecule has 0 amide bonds. The summed E-state index contributed by atoms with van der Waals surface area (Å²) in [5, 5.41) is 9.08. The van der Waals surface area contributed by atoms with Gasteiger partial charge in [-0.2, -0.15) is 0 Å². The zero-order chi connectivity index (χ0) is 12.3. The zero-order valence-electron chi connectivity index (χ0n) is 10.2. The lowest BCUT2D eigenvalue weighted by Crippen LogP contribution is -2.16. The molecule has 0 unspecified atom stereocenters. The summed E-state index contributed by atoms with van der Waals surface area (Å²) in [6.45, 7) is 6.28. The minimum absolute atomic E-state index is 0.0174. The predicted molar refractivity (Wildman–Crippen MR) is 63.3 cm³/mol. The lowest BCUT2D eigenvalue weighted by atomic mass is 9.81. The summed E-state index contributed by atoms with van der Waals surface area (Å²) >= 11 is 0. The molecule has 0 radical (unpaired) electrons. The molecule has 0 aromatic heterocycles. The van der Waals surface area contributed by atoms with Crippen molar-refractivity contribution >= 4 is 5.97 Å². The van der Waals surface area contributed by atoms with Crippen LogP contribution in [-0.4, -0.2) is 18.2 Å². The van der Waals surface area contributed by atoms with Crippen LogP contribution in [0.15, 0.2) is 18.2 Å². The van der Waals surface area contributed by atoms with E-state index in [1.807, 2.05) is 6.07 Å². The number of benzene rings is 1. The SMILES string of the molecule is CCC(C)(C)c1ccc(OC)c(C(=O)O)c1. The maximum Gasteiger partial charge on any atom is 0.339 e. The van der Waals surface area contributed by atoms with Crippen LogP contribution < -0.4 is 4.74 Å². The quantitative estimate of drug-likeness (QED) is 0.851. The Labute approximate surface area is 96.1 Å². The van der Waals surface area contributed by atoms with Gasteiger partial charge in [0, 0.05) is 0 Å². The van der Waals surface area contributed by atoms with Gasteiger partial charge in [-0.1, -0.05) is 26.8 Å². The van der Waals surface area contributed by atoms with Crippen molar-refractivity contribution in [2.24, 2.45) is 0 Å². The Morgan fingerprint density at radius 3 is 2.50 bits per heavy atom. The molecule has 3 nitrogen and oxygen atoms in total. The average molecular weight is 222 g/mol. The van der Waals surface area contributed by atoms with Crippen LogP contribution >= 0.6 is 0 Å². The molecule has 0 atom stereocenters. The number of methoxy groups -OCH3 is 1. The van der Waals surface area contributed by atoms with Crippen molar-refractivity contribution in [1.29, 1.82) is 0 Å². The maximum absolute atomic E-state index is 11.1. The Balaban J connectivity index is 3.27. The number of aromatic carboxylic acids is 1. The third-order valence-electron chi connectivity index (χ3n) is 3.10. The monoisotopic (exact) mass is 222 g/mol. The molecular formula is C13H18O3. The van der Waals surface area contributed by atoms with Crippen molar-refractivity contribution in [2.75, 3.05) is 7.11 Å². The van der Waals surface area contributed by atoms with Crippen molar-refractivity contribution < 1.29 is 14.6 Å². The first-order chi connectivity index (χ1) is 7.42.